The van der Waals surface area contributed by atoms with Crippen molar-refractivity contribution in [1.82, 2.24) is 4.90 Å². The van der Waals surface area contributed by atoms with Gasteiger partial charge in [0.05, 0.1) is 5.56 Å². The van der Waals surface area contributed by atoms with Gasteiger partial charge in [-0.05, 0) is 31.5 Å². The second kappa shape index (κ2) is 4.99. The van der Waals surface area contributed by atoms with Crippen LogP contribution >= 0.6 is 0 Å². The van der Waals surface area contributed by atoms with Gasteiger partial charge >= 0.3 is 0 Å². The molecule has 2 N–H and O–H groups in total. The van der Waals surface area contributed by atoms with Gasteiger partial charge in [0.1, 0.15) is 5.82 Å². The Kier molecular flexibility index (Phi) is 3.89. The van der Waals surface area contributed by atoms with E-state index >= 15 is 0 Å². The summed E-state index contributed by atoms with van der Waals surface area (Å²) in [6, 6.07) is 2.87. The summed E-state index contributed by atoms with van der Waals surface area (Å²) in [5.41, 5.74) is 7.21. The van der Waals surface area contributed by atoms with Crippen LogP contribution in [0.5, 0.6) is 0 Å². The SMILES string of the molecule is C=C(C)CN(C)C(=O)c1cc(N)cc(C)c1F. The molecule has 1 amide bonds. The molecule has 4 heteroatoms. The zero-order chi connectivity index (χ0) is 13.2. The first-order valence-electron chi connectivity index (χ1n) is 5.28. The van der Waals surface area contributed by atoms with E-state index in [4.69, 9.17) is 5.73 Å². The van der Waals surface area contributed by atoms with Gasteiger partial charge < -0.3 is 10.6 Å². The third-order valence-electron chi connectivity index (χ3n) is 2.36. The number of rotatable bonds is 3. The Morgan fingerprint density at radius 3 is 2.65 bits per heavy atom. The molecule has 0 bridgehead atoms. The summed E-state index contributed by atoms with van der Waals surface area (Å²) in [4.78, 5) is 13.4. The van der Waals surface area contributed by atoms with Crippen molar-refractivity contribution in [3.63, 3.8) is 0 Å². The Morgan fingerprint density at radius 1 is 1.53 bits per heavy atom. The molecular formula is C13H17FN2O. The predicted octanol–water partition coefficient (Wildman–Crippen LogP) is 2.36. The van der Waals surface area contributed by atoms with Crippen molar-refractivity contribution in [2.75, 3.05) is 19.3 Å². The van der Waals surface area contributed by atoms with Crippen LogP contribution in [0.3, 0.4) is 0 Å². The lowest BCUT2D eigenvalue weighted by atomic mass is 10.1. The van der Waals surface area contributed by atoms with Crippen molar-refractivity contribution in [3.05, 3.63) is 41.2 Å². The third-order valence-corrected chi connectivity index (χ3v) is 2.36. The van der Waals surface area contributed by atoms with E-state index in [-0.39, 0.29) is 11.5 Å². The number of nitrogen functional groups attached to an aromatic ring is 1. The van der Waals surface area contributed by atoms with Gasteiger partial charge in [0.2, 0.25) is 0 Å². The Hall–Kier alpha value is -1.84. The van der Waals surface area contributed by atoms with Gasteiger partial charge in [0, 0.05) is 19.3 Å². The number of nitrogens with two attached hydrogens (primary N) is 1. The van der Waals surface area contributed by atoms with Gasteiger partial charge in [-0.1, -0.05) is 12.2 Å². The van der Waals surface area contributed by atoms with Crippen LogP contribution in [0, 0.1) is 12.7 Å². The summed E-state index contributed by atoms with van der Waals surface area (Å²) in [5.74, 6) is -0.904. The molecule has 0 heterocycles. The van der Waals surface area contributed by atoms with Gasteiger partial charge in [-0.2, -0.15) is 0 Å². The van der Waals surface area contributed by atoms with Crippen LogP contribution in [-0.4, -0.2) is 24.4 Å². The van der Waals surface area contributed by atoms with Crippen molar-refractivity contribution in [2.45, 2.75) is 13.8 Å². The van der Waals surface area contributed by atoms with E-state index in [1.165, 1.54) is 17.0 Å². The minimum atomic E-state index is -0.516. The first-order valence-corrected chi connectivity index (χ1v) is 5.28. The predicted molar refractivity (Wildman–Crippen MR) is 67.3 cm³/mol. The van der Waals surface area contributed by atoms with Crippen molar-refractivity contribution < 1.29 is 9.18 Å². The number of carbonyl (C=O) groups excluding carboxylic acids is 1. The summed E-state index contributed by atoms with van der Waals surface area (Å²) >= 11 is 0. The zero-order valence-corrected chi connectivity index (χ0v) is 10.4. The first-order chi connectivity index (χ1) is 7.82. The van der Waals surface area contributed by atoms with Crippen LogP contribution in [0.25, 0.3) is 0 Å². The fourth-order valence-corrected chi connectivity index (χ4v) is 1.64. The fourth-order valence-electron chi connectivity index (χ4n) is 1.64. The van der Waals surface area contributed by atoms with Gasteiger partial charge in [0.15, 0.2) is 0 Å². The Bertz CT molecular complexity index is 469. The van der Waals surface area contributed by atoms with Crippen LogP contribution < -0.4 is 5.73 Å². The second-order valence-electron chi connectivity index (χ2n) is 4.32. The van der Waals surface area contributed by atoms with Crippen molar-refractivity contribution in [1.29, 1.82) is 0 Å². The van der Waals surface area contributed by atoms with Crippen LogP contribution in [0.4, 0.5) is 10.1 Å². The Labute approximate surface area is 101 Å². The minimum absolute atomic E-state index is 0.00579. The molecule has 0 aromatic heterocycles. The summed E-state index contributed by atoms with van der Waals surface area (Å²) in [7, 11) is 1.61. The van der Waals surface area contributed by atoms with Gasteiger partial charge in [-0.15, -0.1) is 0 Å². The number of anilines is 1. The van der Waals surface area contributed by atoms with E-state index in [1.807, 2.05) is 6.92 Å². The number of hydrogen-bond donors (Lipinski definition) is 1. The van der Waals surface area contributed by atoms with Gasteiger partial charge in [-0.3, -0.25) is 4.79 Å². The Balaban J connectivity index is 3.08. The van der Waals surface area contributed by atoms with Crippen LogP contribution in [0.2, 0.25) is 0 Å². The minimum Gasteiger partial charge on any atom is -0.399 e. The number of hydrogen-bond acceptors (Lipinski definition) is 2. The maximum atomic E-state index is 13.8. The number of benzene rings is 1. The topological polar surface area (TPSA) is 46.3 Å². The number of halogens is 1. The summed E-state index contributed by atoms with van der Waals surface area (Å²) in [6.45, 7) is 7.51. The molecule has 0 unspecified atom stereocenters. The Morgan fingerprint density at radius 2 is 2.12 bits per heavy atom. The number of aryl methyl sites for hydroxylation is 1. The maximum Gasteiger partial charge on any atom is 0.256 e. The number of amides is 1. The number of likely N-dealkylation sites (N-methyl/N-ethyl adjacent to an activating group) is 1. The number of carbonyl (C=O) groups is 1. The van der Waals surface area contributed by atoms with Crippen LogP contribution in [0.1, 0.15) is 22.8 Å². The molecule has 0 fully saturated rings. The van der Waals surface area contributed by atoms with Gasteiger partial charge in [0.25, 0.3) is 5.91 Å². The molecule has 17 heavy (non-hydrogen) atoms. The molecular weight excluding hydrogens is 219 g/mol. The largest absolute Gasteiger partial charge is 0.399 e. The van der Waals surface area contributed by atoms with Crippen molar-refractivity contribution in [2.24, 2.45) is 0 Å². The summed E-state index contributed by atoms with van der Waals surface area (Å²) in [5, 5.41) is 0. The molecule has 0 aliphatic rings. The maximum absolute atomic E-state index is 13.8. The fraction of sp³-hybridized carbons (Fsp3) is 0.308. The molecule has 3 nitrogen and oxygen atoms in total. The molecule has 92 valence electrons. The molecule has 1 aromatic carbocycles. The molecule has 0 atom stereocenters. The van der Waals surface area contributed by atoms with Crippen molar-refractivity contribution in [3.8, 4) is 0 Å². The smallest absolute Gasteiger partial charge is 0.256 e. The quantitative estimate of drug-likeness (QED) is 0.647. The van der Waals surface area contributed by atoms with Crippen molar-refractivity contribution >= 4 is 11.6 Å². The molecule has 1 rings (SSSR count). The monoisotopic (exact) mass is 236 g/mol. The average Bonchev–Trinajstić information content (AvgIpc) is 2.21. The lowest BCUT2D eigenvalue weighted by Gasteiger charge is -2.18. The highest BCUT2D eigenvalue weighted by Crippen LogP contribution is 2.18. The van der Waals surface area contributed by atoms with E-state index < -0.39 is 5.82 Å². The molecule has 0 saturated heterocycles. The molecule has 0 aliphatic carbocycles. The van der Waals surface area contributed by atoms with E-state index in [2.05, 4.69) is 6.58 Å². The molecule has 0 saturated carbocycles. The second-order valence-corrected chi connectivity index (χ2v) is 4.32. The lowest BCUT2D eigenvalue weighted by molar-refractivity contribution is 0.0802. The molecule has 0 radical (unpaired) electrons. The highest BCUT2D eigenvalue weighted by Gasteiger charge is 2.18. The first kappa shape index (κ1) is 13.2. The standard InChI is InChI=1S/C13H17FN2O/c1-8(2)7-16(4)13(17)11-6-10(15)5-9(3)12(11)14/h5-6H,1,7,15H2,2-4H3. The third kappa shape index (κ3) is 3.06. The normalized spacial score (nSPS) is 10.1. The highest BCUT2D eigenvalue weighted by molar-refractivity contribution is 5.95. The summed E-state index contributed by atoms with van der Waals surface area (Å²) in [6.07, 6.45) is 0. The molecule has 1 aromatic rings. The van der Waals surface area contributed by atoms with Crippen LogP contribution in [-0.2, 0) is 0 Å². The highest BCUT2D eigenvalue weighted by atomic mass is 19.1. The van der Waals surface area contributed by atoms with Crippen LogP contribution in [0.15, 0.2) is 24.3 Å². The van der Waals surface area contributed by atoms with E-state index in [1.54, 1.807) is 14.0 Å². The van der Waals surface area contributed by atoms with E-state index in [9.17, 15) is 9.18 Å². The van der Waals surface area contributed by atoms with Gasteiger partial charge in [-0.25, -0.2) is 4.39 Å². The van der Waals surface area contributed by atoms with E-state index in [0.29, 0.717) is 17.8 Å². The summed E-state index contributed by atoms with van der Waals surface area (Å²) < 4.78 is 13.8. The molecule has 0 aliphatic heterocycles. The van der Waals surface area contributed by atoms with E-state index in [0.717, 1.165) is 5.57 Å². The zero-order valence-electron chi connectivity index (χ0n) is 10.4. The average molecular weight is 236 g/mol. The number of nitrogens with zero attached hydrogens (tertiary/aromatic N) is 1. The molecule has 0 spiro atoms. The lowest BCUT2D eigenvalue weighted by Crippen LogP contribution is -2.29.